The van der Waals surface area contributed by atoms with E-state index in [-0.39, 0.29) is 5.96 Å². The van der Waals surface area contributed by atoms with Crippen molar-refractivity contribution in [2.75, 3.05) is 31.0 Å². The molecule has 0 atom stereocenters. The van der Waals surface area contributed by atoms with Gasteiger partial charge in [0.1, 0.15) is 0 Å². The normalized spacial score (nSPS) is 10.7. The second-order valence-electron chi connectivity index (χ2n) is 5.85. The Morgan fingerprint density at radius 1 is 1.06 bits per heavy atom. The van der Waals surface area contributed by atoms with Gasteiger partial charge in [-0.3, -0.25) is 10.2 Å². The number of aliphatic imine (C=N–C) groups is 1. The predicted octanol–water partition coefficient (Wildman–Crippen LogP) is 3.63. The molecule has 0 saturated carbocycles. The fourth-order valence-electron chi connectivity index (χ4n) is 2.48. The maximum atomic E-state index is 11.9. The highest BCUT2D eigenvalue weighted by Crippen LogP contribution is 2.34. The number of nitrogens with one attached hydrogen (secondary N) is 2. The number of urea groups is 1. The summed E-state index contributed by atoms with van der Waals surface area (Å²) in [7, 11) is 2.32. The second kappa shape index (κ2) is 11.5. The minimum absolute atomic E-state index is 0.248. The topological polar surface area (TPSA) is 135 Å². The molecule has 0 spiro atoms. The van der Waals surface area contributed by atoms with E-state index < -0.39 is 18.2 Å². The summed E-state index contributed by atoms with van der Waals surface area (Å²) < 4.78 is 9.09. The van der Waals surface area contributed by atoms with E-state index >= 15 is 0 Å². The third-order valence-corrected chi connectivity index (χ3v) is 4.85. The molecule has 164 valence electrons. The Bertz CT molecular complexity index is 968. The number of nitrogens with two attached hydrogens (primary N) is 1. The molecule has 0 fully saturated rings. The molecule has 10 nitrogen and oxygen atoms in total. The average Bonchev–Trinajstić information content (AvgIpc) is 2.75. The number of methoxy groups -OCH3 is 2. The second-order valence-corrected chi connectivity index (χ2v) is 7.00. The lowest BCUT2D eigenvalue weighted by Crippen LogP contribution is -2.39. The molecule has 0 saturated heterocycles. The first kappa shape index (κ1) is 23.5. The van der Waals surface area contributed by atoms with Crippen molar-refractivity contribution >= 4 is 47.3 Å². The predicted molar refractivity (Wildman–Crippen MR) is 119 cm³/mol. The molecule has 31 heavy (non-hydrogen) atoms. The monoisotopic (exact) mass is 445 g/mol. The largest absolute Gasteiger partial charge is 0.453 e. The number of nitrogens with zero attached hydrogens (tertiary/aromatic N) is 2. The van der Waals surface area contributed by atoms with Crippen LogP contribution in [0.5, 0.6) is 0 Å². The lowest BCUT2D eigenvalue weighted by atomic mass is 10.2. The molecular weight excluding hydrogens is 422 g/mol. The summed E-state index contributed by atoms with van der Waals surface area (Å²) in [5.41, 5.74) is 6.31. The fourth-order valence-corrected chi connectivity index (χ4v) is 3.36. The Morgan fingerprint density at radius 2 is 1.77 bits per heavy atom. The molecule has 0 unspecified atom stereocenters. The van der Waals surface area contributed by atoms with E-state index in [0.717, 1.165) is 16.9 Å². The first-order chi connectivity index (χ1) is 14.9. The molecule has 2 aromatic rings. The van der Waals surface area contributed by atoms with Crippen LogP contribution in [0.15, 0.2) is 63.3 Å². The standard InChI is InChI=1S/C20H23N5O5S/c1-4-25(17(21)26)16-11-10-14(31-13-8-6-5-7-9-13)12-15(16)22-18(23-19(27)29-2)24-20(28)30-3/h5-12H,4H2,1-3H3,(H2,21,26)(H2,22,23,24,27,28). The minimum atomic E-state index is -0.947. The van der Waals surface area contributed by atoms with Crippen LogP contribution in [-0.4, -0.2) is 44.9 Å². The lowest BCUT2D eigenvalue weighted by molar-refractivity contribution is 0.176. The molecule has 0 aliphatic rings. The third-order valence-electron chi connectivity index (χ3n) is 3.86. The number of carbonyl (C=O) groups is 3. The number of carbonyl (C=O) groups excluding carboxylic acids is 3. The quantitative estimate of drug-likeness (QED) is 0.472. The maximum Gasteiger partial charge on any atom is 0.436 e. The zero-order chi connectivity index (χ0) is 22.8. The molecule has 4 N–H and O–H groups in total. The van der Waals surface area contributed by atoms with Gasteiger partial charge in [0.15, 0.2) is 0 Å². The van der Waals surface area contributed by atoms with Gasteiger partial charge in [0.05, 0.1) is 25.6 Å². The number of hydrogen-bond donors (Lipinski definition) is 3. The number of hydrogen-bond acceptors (Lipinski definition) is 6. The lowest BCUT2D eigenvalue weighted by Gasteiger charge is -2.23. The van der Waals surface area contributed by atoms with Crippen LogP contribution in [0.25, 0.3) is 0 Å². The summed E-state index contributed by atoms with van der Waals surface area (Å²) >= 11 is 1.48. The first-order valence-corrected chi connectivity index (χ1v) is 9.92. The van der Waals surface area contributed by atoms with Gasteiger partial charge < -0.3 is 20.5 Å². The summed E-state index contributed by atoms with van der Waals surface area (Å²) in [5.74, 6) is -0.248. The van der Waals surface area contributed by atoms with Crippen LogP contribution in [0.4, 0.5) is 25.8 Å². The van der Waals surface area contributed by atoms with E-state index in [9.17, 15) is 14.4 Å². The summed E-state index contributed by atoms with van der Waals surface area (Å²) in [6.45, 7) is 2.06. The highest BCUT2D eigenvalue weighted by atomic mass is 32.2. The van der Waals surface area contributed by atoms with E-state index in [0.29, 0.717) is 17.9 Å². The Morgan fingerprint density at radius 3 is 2.35 bits per heavy atom. The van der Waals surface area contributed by atoms with E-state index in [4.69, 9.17) is 5.73 Å². The van der Waals surface area contributed by atoms with E-state index in [2.05, 4.69) is 25.1 Å². The summed E-state index contributed by atoms with van der Waals surface area (Å²) in [6.07, 6.45) is -1.80. The van der Waals surface area contributed by atoms with Gasteiger partial charge in [-0.15, -0.1) is 4.99 Å². The molecular formula is C20H23N5O5S. The zero-order valence-corrected chi connectivity index (χ0v) is 18.1. The summed E-state index contributed by atoms with van der Waals surface area (Å²) in [6, 6.07) is 14.3. The van der Waals surface area contributed by atoms with Crippen LogP contribution in [0, 0.1) is 0 Å². The molecule has 11 heteroatoms. The fraction of sp³-hybridized carbons (Fsp3) is 0.200. The molecule has 0 aromatic heterocycles. The van der Waals surface area contributed by atoms with Crippen molar-refractivity contribution in [1.29, 1.82) is 0 Å². The molecule has 0 bridgehead atoms. The number of alkyl carbamates (subject to hydrolysis) is 1. The van der Waals surface area contributed by atoms with Crippen molar-refractivity contribution in [2.45, 2.75) is 16.7 Å². The van der Waals surface area contributed by atoms with Crippen LogP contribution in [0.1, 0.15) is 6.92 Å². The molecule has 2 rings (SSSR count). The van der Waals surface area contributed by atoms with Crippen molar-refractivity contribution in [3.05, 3.63) is 48.5 Å². The van der Waals surface area contributed by atoms with Crippen LogP contribution in [0.2, 0.25) is 0 Å². The van der Waals surface area contributed by atoms with Gasteiger partial charge in [-0.05, 0) is 37.3 Å². The number of primary amides is 1. The van der Waals surface area contributed by atoms with E-state index in [1.807, 2.05) is 36.4 Å². The maximum absolute atomic E-state index is 11.9. The van der Waals surface area contributed by atoms with Crippen molar-refractivity contribution < 1.29 is 23.9 Å². The highest BCUT2D eigenvalue weighted by molar-refractivity contribution is 7.99. The number of rotatable bonds is 5. The van der Waals surface area contributed by atoms with Crippen LogP contribution < -0.4 is 21.3 Å². The molecule has 2 aromatic carbocycles. The number of ether oxygens (including phenoxy) is 2. The number of anilines is 2. The van der Waals surface area contributed by atoms with Gasteiger partial charge >= 0.3 is 18.2 Å². The van der Waals surface area contributed by atoms with Gasteiger partial charge in [-0.2, -0.15) is 0 Å². The summed E-state index contributed by atoms with van der Waals surface area (Å²) in [4.78, 5) is 42.0. The average molecular weight is 446 g/mol. The van der Waals surface area contributed by atoms with Crippen LogP contribution in [-0.2, 0) is 9.47 Å². The van der Waals surface area contributed by atoms with Crippen molar-refractivity contribution in [3.63, 3.8) is 0 Å². The third kappa shape index (κ3) is 6.93. The Labute approximate surface area is 183 Å². The van der Waals surface area contributed by atoms with Gasteiger partial charge in [0, 0.05) is 16.3 Å². The van der Waals surface area contributed by atoms with Crippen LogP contribution in [0.3, 0.4) is 0 Å². The van der Waals surface area contributed by atoms with Crippen molar-refractivity contribution in [2.24, 2.45) is 10.7 Å². The molecule has 4 amide bonds. The first-order valence-electron chi connectivity index (χ1n) is 9.10. The van der Waals surface area contributed by atoms with E-state index in [1.54, 1.807) is 19.1 Å². The molecule has 0 aliphatic carbocycles. The van der Waals surface area contributed by atoms with Gasteiger partial charge in [-0.1, -0.05) is 30.0 Å². The van der Waals surface area contributed by atoms with Gasteiger partial charge in [0.25, 0.3) is 0 Å². The van der Waals surface area contributed by atoms with E-state index in [1.165, 1.54) is 23.8 Å². The summed E-state index contributed by atoms with van der Waals surface area (Å²) in [5, 5.41) is 5.15. The Hall–Kier alpha value is -3.73. The Balaban J connectivity index is 2.48. The minimum Gasteiger partial charge on any atom is -0.453 e. The highest BCUT2D eigenvalue weighted by Gasteiger charge is 2.18. The van der Waals surface area contributed by atoms with Crippen molar-refractivity contribution in [1.82, 2.24) is 5.32 Å². The Kier molecular flexibility index (Phi) is 8.70. The van der Waals surface area contributed by atoms with Crippen LogP contribution >= 0.6 is 11.8 Å². The molecule has 0 radical (unpaired) electrons. The number of amides is 4. The van der Waals surface area contributed by atoms with Gasteiger partial charge in [-0.25, -0.2) is 14.4 Å². The van der Waals surface area contributed by atoms with Gasteiger partial charge in [0.2, 0.25) is 5.96 Å². The molecule has 0 aliphatic heterocycles. The number of benzene rings is 2. The van der Waals surface area contributed by atoms with Crippen molar-refractivity contribution in [3.8, 4) is 0 Å². The molecule has 0 heterocycles. The SMILES string of the molecule is CCN(C(N)=O)c1ccc(Sc2ccccc2)cc1NC(=NC(=O)OC)NC(=O)OC. The number of guanidine groups is 1. The smallest absolute Gasteiger partial charge is 0.436 e. The zero-order valence-electron chi connectivity index (χ0n) is 17.2.